The minimum absolute atomic E-state index is 0.106. The van der Waals surface area contributed by atoms with Gasteiger partial charge in [-0.3, -0.25) is 10.1 Å². The highest BCUT2D eigenvalue weighted by atomic mass is 16.6. The second-order valence-electron chi connectivity index (χ2n) is 3.90. The third-order valence-corrected chi connectivity index (χ3v) is 2.62. The Bertz CT molecular complexity index is 622. The molecule has 2 aromatic rings. The van der Waals surface area contributed by atoms with Crippen molar-refractivity contribution >= 4 is 11.5 Å². The number of hydrogen-bond acceptors (Lipinski definition) is 6. The first-order valence-electron chi connectivity index (χ1n) is 5.92. The number of aryl methyl sites for hydroxylation is 2. The van der Waals surface area contributed by atoms with Crippen molar-refractivity contribution < 1.29 is 4.92 Å². The van der Waals surface area contributed by atoms with Crippen molar-refractivity contribution in [2.45, 2.75) is 26.7 Å². The summed E-state index contributed by atoms with van der Waals surface area (Å²) in [6.07, 6.45) is 1.25. The Morgan fingerprint density at radius 3 is 2.63 bits per heavy atom. The van der Waals surface area contributed by atoms with E-state index in [-0.39, 0.29) is 17.3 Å². The third kappa shape index (κ3) is 2.37. The molecule has 8 nitrogen and oxygen atoms in total. The molecule has 0 aliphatic carbocycles. The van der Waals surface area contributed by atoms with Crippen molar-refractivity contribution in [1.29, 1.82) is 0 Å². The lowest BCUT2D eigenvalue weighted by atomic mass is 10.3. The predicted octanol–water partition coefficient (Wildman–Crippen LogP) is 1.28. The van der Waals surface area contributed by atoms with Crippen LogP contribution in [0.2, 0.25) is 0 Å². The van der Waals surface area contributed by atoms with Gasteiger partial charge in [0, 0.05) is 18.9 Å². The van der Waals surface area contributed by atoms with Gasteiger partial charge >= 0.3 is 5.69 Å². The lowest BCUT2D eigenvalue weighted by molar-refractivity contribution is -0.384. The van der Waals surface area contributed by atoms with Gasteiger partial charge in [-0.05, 0) is 6.07 Å². The predicted molar refractivity (Wildman–Crippen MR) is 69.0 cm³/mol. The van der Waals surface area contributed by atoms with Gasteiger partial charge in [-0.25, -0.2) is 9.97 Å². The van der Waals surface area contributed by atoms with Crippen LogP contribution in [-0.4, -0.2) is 24.7 Å². The minimum atomic E-state index is -0.505. The number of aromatic nitrogens is 4. The first-order valence-corrected chi connectivity index (χ1v) is 5.92. The van der Waals surface area contributed by atoms with Gasteiger partial charge in [0.1, 0.15) is 11.6 Å². The summed E-state index contributed by atoms with van der Waals surface area (Å²) in [5.74, 6) is 1.55. The summed E-state index contributed by atoms with van der Waals surface area (Å²) in [6.45, 7) is 3.82. The molecule has 19 heavy (non-hydrogen) atoms. The summed E-state index contributed by atoms with van der Waals surface area (Å²) in [5.41, 5.74) is 5.46. The zero-order chi connectivity index (χ0) is 14.0. The SMILES string of the molecule is CCc1nc(CC)n(-c2nc(N)ccc2[N+](=O)[O-])n1. The maximum Gasteiger partial charge on any atom is 0.313 e. The standard InChI is InChI=1S/C11H14N6O2/c1-3-9-14-10(4-2)16(15-9)11-7(17(18)19)5-6-8(12)13-11/h5-6H,3-4H2,1-2H3,(H2,12,13). The minimum Gasteiger partial charge on any atom is -0.384 e. The molecule has 0 bridgehead atoms. The molecule has 0 aliphatic heterocycles. The molecule has 2 aromatic heterocycles. The van der Waals surface area contributed by atoms with Crippen LogP contribution in [0.25, 0.3) is 5.82 Å². The normalized spacial score (nSPS) is 10.6. The Kier molecular flexibility index (Phi) is 3.41. The van der Waals surface area contributed by atoms with E-state index in [1.54, 1.807) is 0 Å². The van der Waals surface area contributed by atoms with Gasteiger partial charge in [0.2, 0.25) is 5.82 Å². The van der Waals surface area contributed by atoms with Crippen LogP contribution in [-0.2, 0) is 12.8 Å². The van der Waals surface area contributed by atoms with Crippen molar-refractivity contribution in [3.05, 3.63) is 33.9 Å². The van der Waals surface area contributed by atoms with E-state index < -0.39 is 4.92 Å². The summed E-state index contributed by atoms with van der Waals surface area (Å²) in [6, 6.07) is 2.72. The molecule has 100 valence electrons. The van der Waals surface area contributed by atoms with Crippen molar-refractivity contribution in [1.82, 2.24) is 19.7 Å². The first kappa shape index (κ1) is 12.9. The lowest BCUT2D eigenvalue weighted by Crippen LogP contribution is -2.09. The number of nitrogen functional groups attached to an aromatic ring is 1. The van der Waals surface area contributed by atoms with Gasteiger partial charge in [-0.2, -0.15) is 4.68 Å². The number of pyridine rings is 1. The van der Waals surface area contributed by atoms with Crippen LogP contribution in [0, 0.1) is 10.1 Å². The summed E-state index contributed by atoms with van der Waals surface area (Å²) in [4.78, 5) is 18.9. The van der Waals surface area contributed by atoms with Crippen LogP contribution in [0.1, 0.15) is 25.5 Å². The largest absolute Gasteiger partial charge is 0.384 e. The monoisotopic (exact) mass is 262 g/mol. The highest BCUT2D eigenvalue weighted by Gasteiger charge is 2.21. The van der Waals surface area contributed by atoms with E-state index in [1.807, 2.05) is 13.8 Å². The van der Waals surface area contributed by atoms with E-state index in [2.05, 4.69) is 15.1 Å². The van der Waals surface area contributed by atoms with Crippen LogP contribution in [0.15, 0.2) is 12.1 Å². The fourth-order valence-electron chi connectivity index (χ4n) is 1.69. The maximum atomic E-state index is 11.0. The molecule has 0 unspecified atom stereocenters. The molecule has 0 amide bonds. The van der Waals surface area contributed by atoms with Gasteiger partial charge in [0.05, 0.1) is 4.92 Å². The summed E-state index contributed by atoms with van der Waals surface area (Å²) in [7, 11) is 0. The van der Waals surface area contributed by atoms with Crippen molar-refractivity contribution in [2.75, 3.05) is 5.73 Å². The number of rotatable bonds is 4. The fraction of sp³-hybridized carbons (Fsp3) is 0.364. The lowest BCUT2D eigenvalue weighted by Gasteiger charge is -2.04. The Morgan fingerprint density at radius 2 is 2.05 bits per heavy atom. The zero-order valence-corrected chi connectivity index (χ0v) is 10.7. The van der Waals surface area contributed by atoms with E-state index in [0.29, 0.717) is 24.5 Å². The second-order valence-corrected chi connectivity index (χ2v) is 3.90. The highest BCUT2D eigenvalue weighted by Crippen LogP contribution is 2.22. The van der Waals surface area contributed by atoms with E-state index in [0.717, 1.165) is 0 Å². The van der Waals surface area contributed by atoms with Gasteiger partial charge in [-0.15, -0.1) is 5.10 Å². The van der Waals surface area contributed by atoms with Crippen molar-refractivity contribution in [2.24, 2.45) is 0 Å². The molecule has 2 rings (SSSR count). The molecule has 8 heteroatoms. The van der Waals surface area contributed by atoms with E-state index in [4.69, 9.17) is 5.73 Å². The van der Waals surface area contributed by atoms with E-state index in [9.17, 15) is 10.1 Å². The Labute approximate surface area is 109 Å². The van der Waals surface area contributed by atoms with Crippen LogP contribution >= 0.6 is 0 Å². The van der Waals surface area contributed by atoms with Crippen LogP contribution < -0.4 is 5.73 Å². The first-order chi connectivity index (χ1) is 9.06. The number of nitrogens with two attached hydrogens (primary N) is 1. The van der Waals surface area contributed by atoms with Gasteiger partial charge in [0.25, 0.3) is 0 Å². The maximum absolute atomic E-state index is 11.0. The van der Waals surface area contributed by atoms with Crippen molar-refractivity contribution in [3.8, 4) is 5.82 Å². The summed E-state index contributed by atoms with van der Waals surface area (Å²) < 4.78 is 1.40. The van der Waals surface area contributed by atoms with E-state index in [1.165, 1.54) is 16.8 Å². The molecule has 2 heterocycles. The average Bonchev–Trinajstić information content (AvgIpc) is 2.81. The van der Waals surface area contributed by atoms with Crippen LogP contribution in [0.5, 0.6) is 0 Å². The number of nitrogens with zero attached hydrogens (tertiary/aromatic N) is 5. The molecular formula is C11H14N6O2. The smallest absolute Gasteiger partial charge is 0.313 e. The van der Waals surface area contributed by atoms with Crippen LogP contribution in [0.3, 0.4) is 0 Å². The fourth-order valence-corrected chi connectivity index (χ4v) is 1.69. The molecule has 0 atom stereocenters. The van der Waals surface area contributed by atoms with E-state index >= 15 is 0 Å². The Morgan fingerprint density at radius 1 is 1.32 bits per heavy atom. The van der Waals surface area contributed by atoms with Crippen molar-refractivity contribution in [3.63, 3.8) is 0 Å². The Balaban J connectivity index is 2.66. The molecule has 0 fully saturated rings. The zero-order valence-electron chi connectivity index (χ0n) is 10.7. The summed E-state index contributed by atoms with van der Waals surface area (Å²) in [5, 5.41) is 15.3. The molecular weight excluding hydrogens is 248 g/mol. The highest BCUT2D eigenvalue weighted by molar-refractivity contribution is 5.51. The quantitative estimate of drug-likeness (QED) is 0.655. The average molecular weight is 262 g/mol. The third-order valence-electron chi connectivity index (χ3n) is 2.62. The van der Waals surface area contributed by atoms with Gasteiger partial charge in [-0.1, -0.05) is 13.8 Å². The molecule has 2 N–H and O–H groups in total. The molecule has 0 aromatic carbocycles. The topological polar surface area (TPSA) is 113 Å². The molecule has 0 saturated carbocycles. The molecule has 0 spiro atoms. The van der Waals surface area contributed by atoms with Gasteiger partial charge < -0.3 is 5.73 Å². The molecule has 0 saturated heterocycles. The number of nitro groups is 1. The second kappa shape index (κ2) is 5.01. The Hall–Kier alpha value is -2.51. The van der Waals surface area contributed by atoms with Gasteiger partial charge in [0.15, 0.2) is 5.82 Å². The van der Waals surface area contributed by atoms with Crippen LogP contribution in [0.4, 0.5) is 11.5 Å². The number of hydrogen-bond donors (Lipinski definition) is 1. The number of anilines is 1. The molecule has 0 aliphatic rings. The summed E-state index contributed by atoms with van der Waals surface area (Å²) >= 11 is 0. The molecule has 0 radical (unpaired) electrons.